The number of amides is 2. The predicted molar refractivity (Wildman–Crippen MR) is 75.7 cm³/mol. The van der Waals surface area contributed by atoms with E-state index in [0.717, 1.165) is 29.8 Å². The van der Waals surface area contributed by atoms with Gasteiger partial charge in [-0.05, 0) is 19.8 Å². The first-order valence-corrected chi connectivity index (χ1v) is 7.64. The van der Waals surface area contributed by atoms with Crippen LogP contribution in [-0.2, 0) is 11.3 Å². The number of nitrogens with zero attached hydrogens (tertiary/aromatic N) is 2. The minimum Gasteiger partial charge on any atom is -0.480 e. The number of aromatic nitrogens is 1. The first-order valence-electron chi connectivity index (χ1n) is 6.76. The van der Waals surface area contributed by atoms with Gasteiger partial charge in [0.25, 0.3) is 0 Å². The number of rotatable bonds is 3. The van der Waals surface area contributed by atoms with Gasteiger partial charge in [-0.1, -0.05) is 12.8 Å². The van der Waals surface area contributed by atoms with E-state index in [0.29, 0.717) is 19.5 Å². The summed E-state index contributed by atoms with van der Waals surface area (Å²) in [5.41, 5.74) is 2.64. The van der Waals surface area contributed by atoms with Gasteiger partial charge in [-0.3, -0.25) is 0 Å². The Morgan fingerprint density at radius 3 is 2.95 bits per heavy atom. The number of thiazole rings is 1. The largest absolute Gasteiger partial charge is 0.480 e. The van der Waals surface area contributed by atoms with Crippen LogP contribution in [0, 0.1) is 6.92 Å². The van der Waals surface area contributed by atoms with Crippen molar-refractivity contribution in [3.63, 3.8) is 0 Å². The van der Waals surface area contributed by atoms with Crippen LogP contribution in [0.4, 0.5) is 4.79 Å². The molecule has 0 aromatic carbocycles. The lowest BCUT2D eigenvalue weighted by atomic mass is 10.1. The highest BCUT2D eigenvalue weighted by molar-refractivity contribution is 7.09. The molecule has 1 saturated heterocycles. The minimum atomic E-state index is -0.920. The number of carbonyl (C=O) groups is 2. The summed E-state index contributed by atoms with van der Waals surface area (Å²) in [5.74, 6) is -0.920. The Morgan fingerprint density at radius 1 is 1.50 bits per heavy atom. The van der Waals surface area contributed by atoms with Gasteiger partial charge in [0, 0.05) is 11.4 Å². The van der Waals surface area contributed by atoms with Crippen LogP contribution >= 0.6 is 11.3 Å². The van der Waals surface area contributed by atoms with Crippen molar-refractivity contribution in [2.75, 3.05) is 6.54 Å². The Kier molecular flexibility index (Phi) is 4.94. The molecule has 110 valence electrons. The number of hydrogen-bond acceptors (Lipinski definition) is 4. The Labute approximate surface area is 121 Å². The molecule has 0 bridgehead atoms. The van der Waals surface area contributed by atoms with E-state index >= 15 is 0 Å². The highest BCUT2D eigenvalue weighted by atomic mass is 32.1. The van der Waals surface area contributed by atoms with E-state index in [1.807, 2.05) is 6.92 Å². The maximum atomic E-state index is 12.2. The van der Waals surface area contributed by atoms with Gasteiger partial charge in [0.1, 0.15) is 6.04 Å². The van der Waals surface area contributed by atoms with E-state index < -0.39 is 12.0 Å². The van der Waals surface area contributed by atoms with Crippen LogP contribution in [0.25, 0.3) is 0 Å². The van der Waals surface area contributed by atoms with E-state index in [4.69, 9.17) is 0 Å². The van der Waals surface area contributed by atoms with Crippen molar-refractivity contribution in [1.82, 2.24) is 15.2 Å². The van der Waals surface area contributed by atoms with Crippen molar-refractivity contribution in [3.8, 4) is 0 Å². The molecular formula is C13H19N3O3S. The fourth-order valence-electron chi connectivity index (χ4n) is 2.36. The van der Waals surface area contributed by atoms with Crippen molar-refractivity contribution in [1.29, 1.82) is 0 Å². The molecule has 1 aliphatic rings. The summed E-state index contributed by atoms with van der Waals surface area (Å²) in [6.07, 6.45) is 3.22. The fourth-order valence-corrected chi connectivity index (χ4v) is 3.08. The SMILES string of the molecule is Cc1ncsc1CNC(=O)N1CCCCCC1C(=O)O. The number of carbonyl (C=O) groups excluding carboxylic acids is 1. The number of carboxylic acid groups (broad SMARTS) is 1. The Morgan fingerprint density at radius 2 is 2.30 bits per heavy atom. The second-order valence-corrected chi connectivity index (χ2v) is 5.86. The van der Waals surface area contributed by atoms with Gasteiger partial charge in [-0.25, -0.2) is 14.6 Å². The van der Waals surface area contributed by atoms with E-state index in [-0.39, 0.29) is 6.03 Å². The molecule has 1 unspecified atom stereocenters. The number of aryl methyl sites for hydroxylation is 1. The average Bonchev–Trinajstić information content (AvgIpc) is 2.67. The standard InChI is InChI=1S/C13H19N3O3S/c1-9-11(20-8-15-9)7-14-13(19)16-6-4-2-3-5-10(16)12(17)18/h8,10H,2-7H2,1H3,(H,14,19)(H,17,18). The number of hydrogen-bond donors (Lipinski definition) is 2. The topological polar surface area (TPSA) is 82.5 Å². The summed E-state index contributed by atoms with van der Waals surface area (Å²) >= 11 is 1.49. The molecule has 0 saturated carbocycles. The van der Waals surface area contributed by atoms with Gasteiger partial charge < -0.3 is 15.3 Å². The summed E-state index contributed by atoms with van der Waals surface area (Å²) in [4.78, 5) is 30.1. The van der Waals surface area contributed by atoms with E-state index in [9.17, 15) is 14.7 Å². The molecule has 1 fully saturated rings. The van der Waals surface area contributed by atoms with Crippen LogP contribution in [0.15, 0.2) is 5.51 Å². The van der Waals surface area contributed by atoms with Gasteiger partial charge in [0.15, 0.2) is 0 Å². The van der Waals surface area contributed by atoms with Crippen LogP contribution in [0.2, 0.25) is 0 Å². The van der Waals surface area contributed by atoms with Crippen LogP contribution in [0.1, 0.15) is 36.3 Å². The van der Waals surface area contributed by atoms with Crippen LogP contribution in [-0.4, -0.2) is 39.6 Å². The molecule has 2 N–H and O–H groups in total. The second kappa shape index (κ2) is 6.69. The van der Waals surface area contributed by atoms with Crippen molar-refractivity contribution in [2.24, 2.45) is 0 Å². The zero-order chi connectivity index (χ0) is 14.5. The molecule has 1 atom stereocenters. The average molecular weight is 297 g/mol. The molecule has 0 radical (unpaired) electrons. The molecular weight excluding hydrogens is 278 g/mol. The number of likely N-dealkylation sites (tertiary alicyclic amines) is 1. The summed E-state index contributed by atoms with van der Waals surface area (Å²) in [6, 6.07) is -1.01. The molecule has 1 aromatic heterocycles. The van der Waals surface area contributed by atoms with Gasteiger partial charge in [-0.2, -0.15) is 0 Å². The quantitative estimate of drug-likeness (QED) is 0.894. The number of nitrogens with one attached hydrogen (secondary N) is 1. The van der Waals surface area contributed by atoms with Crippen LogP contribution < -0.4 is 5.32 Å². The second-order valence-electron chi connectivity index (χ2n) is 4.92. The van der Waals surface area contributed by atoms with E-state index in [1.165, 1.54) is 16.2 Å². The lowest BCUT2D eigenvalue weighted by Gasteiger charge is -2.27. The fraction of sp³-hybridized carbons (Fsp3) is 0.615. The zero-order valence-corrected chi connectivity index (χ0v) is 12.3. The number of carboxylic acids is 1. The van der Waals surface area contributed by atoms with E-state index in [1.54, 1.807) is 5.51 Å². The third-order valence-electron chi connectivity index (χ3n) is 3.54. The summed E-state index contributed by atoms with van der Waals surface area (Å²) in [5, 5.41) is 12.1. The first-order chi connectivity index (χ1) is 9.59. The van der Waals surface area contributed by atoms with Gasteiger partial charge >= 0.3 is 12.0 Å². The van der Waals surface area contributed by atoms with Crippen molar-refractivity contribution >= 4 is 23.3 Å². The number of aliphatic carboxylic acids is 1. The molecule has 6 nitrogen and oxygen atoms in total. The molecule has 20 heavy (non-hydrogen) atoms. The first kappa shape index (κ1) is 14.8. The summed E-state index contributed by atoms with van der Waals surface area (Å²) in [7, 11) is 0. The zero-order valence-electron chi connectivity index (χ0n) is 11.5. The van der Waals surface area contributed by atoms with Crippen molar-refractivity contribution in [3.05, 3.63) is 16.1 Å². The third-order valence-corrected chi connectivity index (χ3v) is 4.48. The summed E-state index contributed by atoms with van der Waals surface area (Å²) in [6.45, 7) is 2.80. The van der Waals surface area contributed by atoms with E-state index in [2.05, 4.69) is 10.3 Å². The lowest BCUT2D eigenvalue weighted by molar-refractivity contribution is -0.142. The van der Waals surface area contributed by atoms with Gasteiger partial charge in [0.05, 0.1) is 17.7 Å². The molecule has 0 spiro atoms. The minimum absolute atomic E-state index is 0.299. The molecule has 0 aliphatic carbocycles. The molecule has 7 heteroatoms. The van der Waals surface area contributed by atoms with Crippen molar-refractivity contribution in [2.45, 2.75) is 45.2 Å². The Balaban J connectivity index is 1.98. The maximum absolute atomic E-state index is 12.2. The molecule has 1 aromatic rings. The van der Waals surface area contributed by atoms with Gasteiger partial charge in [0.2, 0.25) is 0 Å². The predicted octanol–water partition coefficient (Wildman–Crippen LogP) is 1.99. The number of urea groups is 1. The lowest BCUT2D eigenvalue weighted by Crippen LogP contribution is -2.49. The molecule has 2 rings (SSSR count). The Hall–Kier alpha value is -1.63. The van der Waals surface area contributed by atoms with Crippen LogP contribution in [0.3, 0.4) is 0 Å². The highest BCUT2D eigenvalue weighted by Crippen LogP contribution is 2.18. The highest BCUT2D eigenvalue weighted by Gasteiger charge is 2.30. The normalized spacial score (nSPS) is 19.4. The molecule has 1 aliphatic heterocycles. The maximum Gasteiger partial charge on any atom is 0.326 e. The summed E-state index contributed by atoms with van der Waals surface area (Å²) < 4.78 is 0. The molecule has 2 heterocycles. The van der Waals surface area contributed by atoms with Crippen molar-refractivity contribution < 1.29 is 14.7 Å². The Bertz CT molecular complexity index is 489. The van der Waals surface area contributed by atoms with Crippen LogP contribution in [0.5, 0.6) is 0 Å². The smallest absolute Gasteiger partial charge is 0.326 e. The molecule has 2 amide bonds. The monoisotopic (exact) mass is 297 g/mol. The third kappa shape index (κ3) is 3.47. The van der Waals surface area contributed by atoms with Gasteiger partial charge in [-0.15, -0.1) is 11.3 Å².